The molecule has 18 heavy (non-hydrogen) atoms. The predicted octanol–water partition coefficient (Wildman–Crippen LogP) is 1.06. The summed E-state index contributed by atoms with van der Waals surface area (Å²) in [5, 5.41) is 2.23. The Bertz CT molecular complexity index is 579. The average molecular weight is 292 g/mol. The van der Waals surface area contributed by atoms with Gasteiger partial charge >= 0.3 is 0 Å². The lowest BCUT2D eigenvalue weighted by atomic mass is 10.1. The Kier molecular flexibility index (Phi) is 3.97. The largest absolute Gasteiger partial charge is 0.346 e. The van der Waals surface area contributed by atoms with Crippen LogP contribution in [0.25, 0.3) is 0 Å². The number of rotatable bonds is 2. The number of nitrogens with zero attached hydrogens (tertiary/aromatic N) is 2. The molecule has 0 saturated heterocycles. The summed E-state index contributed by atoms with van der Waals surface area (Å²) in [6.07, 6.45) is 2.06. The monoisotopic (exact) mass is 291 g/mol. The zero-order chi connectivity index (χ0) is 14.1. The maximum atomic E-state index is 11.9. The van der Waals surface area contributed by atoms with Crippen LogP contribution in [0.2, 0.25) is 5.02 Å². The minimum Gasteiger partial charge on any atom is -0.346 e. The van der Waals surface area contributed by atoms with Gasteiger partial charge in [-0.2, -0.15) is 0 Å². The van der Waals surface area contributed by atoms with Gasteiger partial charge in [0.2, 0.25) is 15.0 Å². The fraction of sp³-hybridized carbons (Fsp3) is 0.500. The molecule has 1 amide bonds. The molecule has 1 N–H and O–H groups in total. The van der Waals surface area contributed by atoms with Gasteiger partial charge in [-0.25, -0.2) is 18.4 Å². The number of hydrogen-bond donors (Lipinski definition) is 1. The second-order valence-electron chi connectivity index (χ2n) is 4.83. The van der Waals surface area contributed by atoms with Crippen LogP contribution in [0.5, 0.6) is 0 Å². The van der Waals surface area contributed by atoms with Gasteiger partial charge in [-0.05, 0) is 20.8 Å². The van der Waals surface area contributed by atoms with Crippen molar-refractivity contribution in [3.8, 4) is 0 Å². The Morgan fingerprint density at radius 3 is 2.39 bits per heavy atom. The maximum Gasteiger partial charge on any atom is 0.272 e. The van der Waals surface area contributed by atoms with Gasteiger partial charge in [0.25, 0.3) is 5.91 Å². The van der Waals surface area contributed by atoms with Crippen LogP contribution in [0.4, 0.5) is 0 Å². The number of hydrogen-bond acceptors (Lipinski definition) is 5. The number of nitrogens with one attached hydrogen (secondary N) is 1. The van der Waals surface area contributed by atoms with Gasteiger partial charge in [0.05, 0.1) is 11.2 Å². The molecule has 0 bridgehead atoms. The zero-order valence-corrected chi connectivity index (χ0v) is 12.1. The third-order valence-corrected chi connectivity index (χ3v) is 2.89. The highest BCUT2D eigenvalue weighted by molar-refractivity contribution is 7.90. The first-order valence-corrected chi connectivity index (χ1v) is 7.33. The standard InChI is InChI=1S/C10H14ClN3O3S/c1-10(2,3)14-8(15)7-6(11)5-12-9(13-7)18(4,16)17/h5H,1-4H3,(H,14,15). The summed E-state index contributed by atoms with van der Waals surface area (Å²) in [6, 6.07) is 0. The van der Waals surface area contributed by atoms with E-state index >= 15 is 0 Å². The first-order chi connectivity index (χ1) is 8.00. The number of aromatic nitrogens is 2. The molecule has 1 rings (SSSR count). The molecule has 0 atom stereocenters. The second kappa shape index (κ2) is 4.81. The van der Waals surface area contributed by atoms with E-state index in [9.17, 15) is 13.2 Å². The van der Waals surface area contributed by atoms with Crippen LogP contribution >= 0.6 is 11.6 Å². The van der Waals surface area contributed by atoms with Crippen molar-refractivity contribution in [1.29, 1.82) is 0 Å². The normalized spacial score (nSPS) is 12.3. The number of halogens is 1. The van der Waals surface area contributed by atoms with Crippen molar-refractivity contribution >= 4 is 27.3 Å². The van der Waals surface area contributed by atoms with Crippen molar-refractivity contribution in [2.75, 3.05) is 6.26 Å². The van der Waals surface area contributed by atoms with Gasteiger partial charge in [0.15, 0.2) is 5.69 Å². The first-order valence-electron chi connectivity index (χ1n) is 5.06. The Hall–Kier alpha value is -1.21. The molecule has 100 valence electrons. The Labute approximate surface area is 111 Å². The van der Waals surface area contributed by atoms with Crippen molar-refractivity contribution in [2.24, 2.45) is 0 Å². The molecule has 0 aliphatic heterocycles. The van der Waals surface area contributed by atoms with Crippen LogP contribution in [0, 0.1) is 0 Å². The van der Waals surface area contributed by atoms with Gasteiger partial charge in [-0.15, -0.1) is 0 Å². The van der Waals surface area contributed by atoms with Crippen LogP contribution < -0.4 is 5.32 Å². The highest BCUT2D eigenvalue weighted by atomic mass is 35.5. The molecule has 0 fully saturated rings. The topological polar surface area (TPSA) is 89.0 Å². The van der Waals surface area contributed by atoms with Crippen LogP contribution in [0.15, 0.2) is 11.4 Å². The summed E-state index contributed by atoms with van der Waals surface area (Å²) in [7, 11) is -3.58. The third-order valence-electron chi connectivity index (χ3n) is 1.76. The summed E-state index contributed by atoms with van der Waals surface area (Å²) >= 11 is 5.79. The molecule has 1 aromatic heterocycles. The third kappa shape index (κ3) is 3.92. The molecule has 6 nitrogen and oxygen atoms in total. The van der Waals surface area contributed by atoms with Gasteiger partial charge in [0.1, 0.15) is 0 Å². The van der Waals surface area contributed by atoms with E-state index in [-0.39, 0.29) is 10.7 Å². The lowest BCUT2D eigenvalue weighted by Gasteiger charge is -2.20. The number of carbonyl (C=O) groups is 1. The highest BCUT2D eigenvalue weighted by Crippen LogP contribution is 2.15. The van der Waals surface area contributed by atoms with Crippen molar-refractivity contribution in [2.45, 2.75) is 31.5 Å². The van der Waals surface area contributed by atoms with Crippen molar-refractivity contribution in [3.05, 3.63) is 16.9 Å². The van der Waals surface area contributed by atoms with E-state index in [0.29, 0.717) is 0 Å². The number of carbonyl (C=O) groups excluding carboxylic acids is 1. The van der Waals surface area contributed by atoms with E-state index < -0.39 is 26.4 Å². The van der Waals surface area contributed by atoms with Gasteiger partial charge in [-0.3, -0.25) is 4.79 Å². The minimum atomic E-state index is -3.58. The molecule has 1 heterocycles. The van der Waals surface area contributed by atoms with Gasteiger partial charge in [-0.1, -0.05) is 11.6 Å². The van der Waals surface area contributed by atoms with E-state index in [2.05, 4.69) is 15.3 Å². The van der Waals surface area contributed by atoms with Gasteiger partial charge < -0.3 is 5.32 Å². The lowest BCUT2D eigenvalue weighted by molar-refractivity contribution is 0.0913. The van der Waals surface area contributed by atoms with E-state index in [0.717, 1.165) is 12.5 Å². The SMILES string of the molecule is CC(C)(C)NC(=O)c1nc(S(C)(=O)=O)ncc1Cl. The summed E-state index contributed by atoms with van der Waals surface area (Å²) in [5.74, 6) is -0.542. The molecule has 0 saturated carbocycles. The molecular weight excluding hydrogens is 278 g/mol. The smallest absolute Gasteiger partial charge is 0.272 e. The highest BCUT2D eigenvalue weighted by Gasteiger charge is 2.22. The quantitative estimate of drug-likeness (QED) is 0.823. The minimum absolute atomic E-state index is 0.00384. The maximum absolute atomic E-state index is 11.9. The summed E-state index contributed by atoms with van der Waals surface area (Å²) in [6.45, 7) is 5.37. The summed E-state index contributed by atoms with van der Waals surface area (Å²) in [4.78, 5) is 19.1. The van der Waals surface area contributed by atoms with Crippen LogP contribution in [0.3, 0.4) is 0 Å². The summed E-state index contributed by atoms with van der Waals surface area (Å²) < 4.78 is 22.6. The first kappa shape index (κ1) is 14.8. The fourth-order valence-electron chi connectivity index (χ4n) is 1.09. The molecule has 0 radical (unpaired) electrons. The van der Waals surface area contributed by atoms with E-state index in [1.54, 1.807) is 20.8 Å². The van der Waals surface area contributed by atoms with E-state index in [4.69, 9.17) is 11.6 Å². The lowest BCUT2D eigenvalue weighted by Crippen LogP contribution is -2.41. The fourth-order valence-corrected chi connectivity index (χ4v) is 1.77. The van der Waals surface area contributed by atoms with Gasteiger partial charge in [0, 0.05) is 11.8 Å². The Morgan fingerprint density at radius 1 is 1.39 bits per heavy atom. The van der Waals surface area contributed by atoms with Crippen molar-refractivity contribution in [1.82, 2.24) is 15.3 Å². The number of amides is 1. The molecule has 0 aliphatic carbocycles. The van der Waals surface area contributed by atoms with Crippen molar-refractivity contribution < 1.29 is 13.2 Å². The van der Waals surface area contributed by atoms with Crippen molar-refractivity contribution in [3.63, 3.8) is 0 Å². The van der Waals surface area contributed by atoms with E-state index in [1.807, 2.05) is 0 Å². The molecular formula is C10H14ClN3O3S. The summed E-state index contributed by atoms with van der Waals surface area (Å²) in [5.41, 5.74) is -0.626. The molecule has 0 aromatic carbocycles. The van der Waals surface area contributed by atoms with E-state index in [1.165, 1.54) is 0 Å². The number of sulfone groups is 1. The molecule has 1 aromatic rings. The Morgan fingerprint density at radius 2 is 1.94 bits per heavy atom. The molecule has 8 heteroatoms. The second-order valence-corrected chi connectivity index (χ2v) is 7.14. The predicted molar refractivity (Wildman–Crippen MR) is 67.4 cm³/mol. The molecule has 0 aliphatic rings. The molecule has 0 unspecified atom stereocenters. The Balaban J connectivity index is 3.21. The van der Waals surface area contributed by atoms with Crippen LogP contribution in [0.1, 0.15) is 31.3 Å². The van der Waals surface area contributed by atoms with Crippen LogP contribution in [-0.2, 0) is 9.84 Å². The molecule has 0 spiro atoms. The average Bonchev–Trinajstić information content (AvgIpc) is 2.13. The zero-order valence-electron chi connectivity index (χ0n) is 10.5. The van der Waals surface area contributed by atoms with Crippen LogP contribution in [-0.4, -0.2) is 36.1 Å².